The smallest absolute Gasteiger partial charge is 0.244 e. The van der Waals surface area contributed by atoms with Gasteiger partial charge >= 0.3 is 0 Å². The minimum Gasteiger partial charge on any atom is -0.349 e. The highest BCUT2D eigenvalue weighted by Gasteiger charge is 2.21. The van der Waals surface area contributed by atoms with E-state index in [-0.39, 0.29) is 17.8 Å². The summed E-state index contributed by atoms with van der Waals surface area (Å²) in [5, 5.41) is 3.04. The van der Waals surface area contributed by atoms with Gasteiger partial charge in [-0.2, -0.15) is 0 Å². The fourth-order valence-electron chi connectivity index (χ4n) is 3.07. The Labute approximate surface area is 147 Å². The zero-order valence-corrected chi connectivity index (χ0v) is 14.1. The summed E-state index contributed by atoms with van der Waals surface area (Å²) in [5.41, 5.74) is 1.72. The molecule has 0 radical (unpaired) electrons. The van der Waals surface area contributed by atoms with Gasteiger partial charge in [0.25, 0.3) is 0 Å². The number of hydrogen-bond donors (Lipinski definition) is 1. The summed E-state index contributed by atoms with van der Waals surface area (Å²) >= 11 is 0. The number of amides is 1. The van der Waals surface area contributed by atoms with Crippen LogP contribution in [0.5, 0.6) is 0 Å². The van der Waals surface area contributed by atoms with E-state index < -0.39 is 0 Å². The first-order chi connectivity index (χ1) is 12.2. The highest BCUT2D eigenvalue weighted by molar-refractivity contribution is 5.91. The fraction of sp³-hybridized carbons (Fsp3) is 0.300. The lowest BCUT2D eigenvalue weighted by molar-refractivity contribution is -0.117. The number of halogens is 1. The van der Waals surface area contributed by atoms with Gasteiger partial charge in [-0.25, -0.2) is 4.39 Å². The van der Waals surface area contributed by atoms with Gasteiger partial charge in [0.15, 0.2) is 0 Å². The molecule has 1 fully saturated rings. The van der Waals surface area contributed by atoms with Crippen molar-refractivity contribution in [1.82, 2.24) is 15.2 Å². The Morgan fingerprint density at radius 2 is 2.24 bits per heavy atom. The summed E-state index contributed by atoms with van der Waals surface area (Å²) in [4.78, 5) is 18.8. The van der Waals surface area contributed by atoms with Crippen molar-refractivity contribution in [1.29, 1.82) is 0 Å². The zero-order chi connectivity index (χ0) is 17.5. The lowest BCUT2D eigenvalue weighted by Crippen LogP contribution is -2.47. The van der Waals surface area contributed by atoms with E-state index in [0.29, 0.717) is 5.56 Å². The molecule has 1 atom stereocenters. The van der Waals surface area contributed by atoms with Crippen LogP contribution in [0.25, 0.3) is 6.08 Å². The summed E-state index contributed by atoms with van der Waals surface area (Å²) in [7, 11) is 0. The van der Waals surface area contributed by atoms with Crippen LogP contribution in [0, 0.1) is 5.82 Å². The molecule has 25 heavy (non-hydrogen) atoms. The van der Waals surface area contributed by atoms with Crippen LogP contribution in [0.15, 0.2) is 54.7 Å². The molecule has 3 rings (SSSR count). The van der Waals surface area contributed by atoms with E-state index in [4.69, 9.17) is 0 Å². The van der Waals surface area contributed by atoms with Gasteiger partial charge in [-0.05, 0) is 55.3 Å². The lowest BCUT2D eigenvalue weighted by atomic mass is 10.1. The van der Waals surface area contributed by atoms with Gasteiger partial charge in [0.1, 0.15) is 5.82 Å². The molecule has 2 aromatic rings. The number of nitrogens with one attached hydrogen (secondary N) is 1. The van der Waals surface area contributed by atoms with Gasteiger partial charge < -0.3 is 5.32 Å². The van der Waals surface area contributed by atoms with E-state index in [2.05, 4.69) is 15.2 Å². The highest BCUT2D eigenvalue weighted by atomic mass is 19.1. The van der Waals surface area contributed by atoms with E-state index >= 15 is 0 Å². The van der Waals surface area contributed by atoms with E-state index in [9.17, 15) is 9.18 Å². The number of likely N-dealkylation sites (tertiary alicyclic amines) is 1. The first-order valence-corrected chi connectivity index (χ1v) is 8.55. The molecule has 1 saturated heterocycles. The Morgan fingerprint density at radius 1 is 1.32 bits per heavy atom. The van der Waals surface area contributed by atoms with Crippen LogP contribution in [0.4, 0.5) is 4.39 Å². The fourth-order valence-corrected chi connectivity index (χ4v) is 3.07. The number of benzene rings is 1. The second kappa shape index (κ2) is 8.53. The Bertz CT molecular complexity index is 733. The van der Waals surface area contributed by atoms with Crippen molar-refractivity contribution in [2.75, 3.05) is 13.1 Å². The predicted octanol–water partition coefficient (Wildman–Crippen LogP) is 3.01. The summed E-state index contributed by atoms with van der Waals surface area (Å²) < 4.78 is 13.1. The molecule has 1 aliphatic rings. The number of carbonyl (C=O) groups is 1. The largest absolute Gasteiger partial charge is 0.349 e. The number of carbonyl (C=O) groups excluding carboxylic acids is 1. The standard InChI is InChI=1S/C20H22FN3O/c21-17-6-3-5-16(13-17)9-10-20(25)23-19-8-4-12-24(15-19)14-18-7-1-2-11-22-18/h1-3,5-7,9-11,13,19H,4,8,12,14-15H2,(H,23,25)/b10-9+. The van der Waals surface area contributed by atoms with Gasteiger partial charge in [0, 0.05) is 31.4 Å². The number of pyridine rings is 1. The summed E-state index contributed by atoms with van der Waals surface area (Å²) in [6.07, 6.45) is 6.92. The van der Waals surface area contributed by atoms with Crippen LogP contribution >= 0.6 is 0 Å². The first-order valence-electron chi connectivity index (χ1n) is 8.55. The molecule has 0 saturated carbocycles. The molecule has 5 heteroatoms. The van der Waals surface area contributed by atoms with Crippen molar-refractivity contribution in [2.45, 2.75) is 25.4 Å². The summed E-state index contributed by atoms with van der Waals surface area (Å²) in [6.45, 7) is 2.63. The second-order valence-corrected chi connectivity index (χ2v) is 6.29. The van der Waals surface area contributed by atoms with Crippen LogP contribution in [-0.2, 0) is 11.3 Å². The van der Waals surface area contributed by atoms with Crippen LogP contribution in [-0.4, -0.2) is 34.9 Å². The quantitative estimate of drug-likeness (QED) is 0.852. The minimum absolute atomic E-state index is 0.127. The average Bonchev–Trinajstić information content (AvgIpc) is 2.61. The Morgan fingerprint density at radius 3 is 3.04 bits per heavy atom. The Balaban J connectivity index is 1.51. The molecule has 0 bridgehead atoms. The maximum atomic E-state index is 13.1. The van der Waals surface area contributed by atoms with E-state index in [1.807, 2.05) is 18.2 Å². The van der Waals surface area contributed by atoms with E-state index in [1.54, 1.807) is 24.4 Å². The Hall–Kier alpha value is -2.53. The number of aromatic nitrogens is 1. The molecule has 1 aliphatic heterocycles. The molecule has 1 aromatic carbocycles. The van der Waals surface area contributed by atoms with Gasteiger partial charge in [0.2, 0.25) is 5.91 Å². The third kappa shape index (κ3) is 5.50. The number of rotatable bonds is 5. The monoisotopic (exact) mass is 339 g/mol. The molecule has 2 heterocycles. The topological polar surface area (TPSA) is 45.2 Å². The molecule has 0 spiro atoms. The molecular formula is C20H22FN3O. The molecular weight excluding hydrogens is 317 g/mol. The molecule has 4 nitrogen and oxygen atoms in total. The molecule has 1 amide bonds. The maximum absolute atomic E-state index is 13.1. The summed E-state index contributed by atoms with van der Waals surface area (Å²) in [6, 6.07) is 12.2. The second-order valence-electron chi connectivity index (χ2n) is 6.29. The van der Waals surface area contributed by atoms with E-state index in [0.717, 1.165) is 38.2 Å². The van der Waals surface area contributed by atoms with Crippen molar-refractivity contribution in [3.63, 3.8) is 0 Å². The molecule has 1 N–H and O–H groups in total. The van der Waals surface area contributed by atoms with Crippen LogP contribution in [0.2, 0.25) is 0 Å². The van der Waals surface area contributed by atoms with Crippen molar-refractivity contribution < 1.29 is 9.18 Å². The molecule has 1 unspecified atom stereocenters. The third-order valence-corrected chi connectivity index (χ3v) is 4.24. The van der Waals surface area contributed by atoms with Crippen LogP contribution in [0.3, 0.4) is 0 Å². The minimum atomic E-state index is -0.306. The molecule has 0 aliphatic carbocycles. The van der Waals surface area contributed by atoms with Crippen LogP contribution in [0.1, 0.15) is 24.1 Å². The van der Waals surface area contributed by atoms with Gasteiger partial charge in [0.05, 0.1) is 5.69 Å². The van der Waals surface area contributed by atoms with Crippen LogP contribution < -0.4 is 5.32 Å². The predicted molar refractivity (Wildman–Crippen MR) is 96.1 cm³/mol. The number of piperidine rings is 1. The molecule has 1 aromatic heterocycles. The SMILES string of the molecule is O=C(/C=C/c1cccc(F)c1)NC1CCCN(Cc2ccccn2)C1. The normalized spacial score (nSPS) is 18.4. The molecule has 130 valence electrons. The van der Waals surface area contributed by atoms with Crippen molar-refractivity contribution >= 4 is 12.0 Å². The summed E-state index contributed by atoms with van der Waals surface area (Å²) in [5.74, 6) is -0.450. The number of hydrogen-bond acceptors (Lipinski definition) is 3. The number of nitrogens with zero attached hydrogens (tertiary/aromatic N) is 2. The third-order valence-electron chi connectivity index (χ3n) is 4.24. The Kier molecular flexibility index (Phi) is 5.90. The first kappa shape index (κ1) is 17.3. The highest BCUT2D eigenvalue weighted by Crippen LogP contribution is 2.13. The van der Waals surface area contributed by atoms with Crippen molar-refractivity contribution in [3.05, 3.63) is 71.8 Å². The zero-order valence-electron chi connectivity index (χ0n) is 14.1. The van der Waals surface area contributed by atoms with E-state index in [1.165, 1.54) is 18.2 Å². The van der Waals surface area contributed by atoms with Gasteiger partial charge in [-0.1, -0.05) is 18.2 Å². The lowest BCUT2D eigenvalue weighted by Gasteiger charge is -2.32. The van der Waals surface area contributed by atoms with Gasteiger partial charge in [-0.3, -0.25) is 14.7 Å². The van der Waals surface area contributed by atoms with Crippen molar-refractivity contribution in [3.8, 4) is 0 Å². The maximum Gasteiger partial charge on any atom is 0.244 e. The average molecular weight is 339 g/mol. The van der Waals surface area contributed by atoms with Crippen molar-refractivity contribution in [2.24, 2.45) is 0 Å². The van der Waals surface area contributed by atoms with Gasteiger partial charge in [-0.15, -0.1) is 0 Å².